The lowest BCUT2D eigenvalue weighted by molar-refractivity contribution is -0.119. The van der Waals surface area contributed by atoms with E-state index in [1.54, 1.807) is 59.1 Å². The number of halogens is 2. The zero-order valence-corrected chi connectivity index (χ0v) is 14.9. The summed E-state index contributed by atoms with van der Waals surface area (Å²) in [6, 6.07) is 13.3. The molecule has 0 aliphatic carbocycles. The average Bonchev–Trinajstić information content (AvgIpc) is 3.03. The molecule has 0 unspecified atom stereocenters. The first-order valence-electron chi connectivity index (χ1n) is 7.25. The molecule has 1 fully saturated rings. The van der Waals surface area contributed by atoms with Gasteiger partial charge in [0.25, 0.3) is 5.91 Å². The summed E-state index contributed by atoms with van der Waals surface area (Å²) in [5.74, 6) is 0.647. The minimum atomic E-state index is -0.527. The Morgan fingerprint density at radius 1 is 1.08 bits per heavy atom. The third kappa shape index (κ3) is 3.86. The molecule has 2 aromatic carbocycles. The third-order valence-corrected chi connectivity index (χ3v) is 5.05. The summed E-state index contributed by atoms with van der Waals surface area (Å²) < 4.78 is 0. The highest BCUT2D eigenvalue weighted by molar-refractivity contribution is 7.99. The third-order valence-electron chi connectivity index (χ3n) is 3.60. The smallest absolute Gasteiger partial charge is 0.255 e. The van der Waals surface area contributed by atoms with Crippen molar-refractivity contribution >= 4 is 52.5 Å². The second-order valence-corrected chi connectivity index (χ2v) is 7.18. The van der Waals surface area contributed by atoms with E-state index >= 15 is 0 Å². The van der Waals surface area contributed by atoms with Crippen LogP contribution in [0.2, 0.25) is 10.0 Å². The van der Waals surface area contributed by atoms with Crippen molar-refractivity contribution in [2.24, 2.45) is 0 Å². The predicted molar refractivity (Wildman–Crippen MR) is 98.8 cm³/mol. The molecule has 4 nitrogen and oxygen atoms in total. The summed E-state index contributed by atoms with van der Waals surface area (Å²) in [7, 11) is 0. The second-order valence-electron chi connectivity index (χ2n) is 5.30. The van der Waals surface area contributed by atoms with Gasteiger partial charge in [-0.15, -0.1) is 11.8 Å². The topological polar surface area (TPSA) is 49.4 Å². The molecule has 0 radical (unpaired) electrons. The van der Waals surface area contributed by atoms with Crippen LogP contribution in [0.3, 0.4) is 0 Å². The molecule has 2 aromatic rings. The first-order valence-corrected chi connectivity index (χ1v) is 9.16. The zero-order valence-electron chi connectivity index (χ0n) is 12.5. The van der Waals surface area contributed by atoms with Crippen molar-refractivity contribution < 1.29 is 9.59 Å². The molecule has 7 heteroatoms. The van der Waals surface area contributed by atoms with Gasteiger partial charge in [0.05, 0.1) is 5.88 Å². The lowest BCUT2D eigenvalue weighted by Crippen LogP contribution is -2.44. The number of hydrogen-bond acceptors (Lipinski definition) is 3. The van der Waals surface area contributed by atoms with Crippen LogP contribution in [0.5, 0.6) is 0 Å². The molecule has 3 rings (SSSR count). The molecule has 0 bridgehead atoms. The van der Waals surface area contributed by atoms with Crippen LogP contribution in [0.4, 0.5) is 5.69 Å². The molecule has 124 valence electrons. The number of nitrogens with zero attached hydrogens (tertiary/aromatic N) is 1. The van der Waals surface area contributed by atoms with E-state index in [2.05, 4.69) is 5.32 Å². The highest BCUT2D eigenvalue weighted by Gasteiger charge is 2.35. The molecule has 0 spiro atoms. The van der Waals surface area contributed by atoms with Gasteiger partial charge < -0.3 is 10.2 Å². The Morgan fingerprint density at radius 3 is 2.42 bits per heavy atom. The summed E-state index contributed by atoms with van der Waals surface area (Å²) in [6.45, 7) is 0. The van der Waals surface area contributed by atoms with Crippen molar-refractivity contribution in [1.29, 1.82) is 0 Å². The minimum Gasteiger partial charge on any atom is -0.324 e. The number of carbonyl (C=O) groups is 2. The van der Waals surface area contributed by atoms with Crippen molar-refractivity contribution in [3.8, 4) is 0 Å². The van der Waals surface area contributed by atoms with Crippen LogP contribution in [-0.2, 0) is 4.79 Å². The Labute approximate surface area is 154 Å². The highest BCUT2D eigenvalue weighted by atomic mass is 35.5. The first kappa shape index (κ1) is 17.1. The van der Waals surface area contributed by atoms with Crippen LogP contribution in [0, 0.1) is 0 Å². The molecule has 2 amide bonds. The molecule has 1 N–H and O–H groups in total. The quantitative estimate of drug-likeness (QED) is 0.869. The molecule has 0 saturated carbocycles. The van der Waals surface area contributed by atoms with Gasteiger partial charge in [0.2, 0.25) is 5.91 Å². The van der Waals surface area contributed by atoms with Crippen molar-refractivity contribution in [3.63, 3.8) is 0 Å². The zero-order chi connectivity index (χ0) is 17.1. The largest absolute Gasteiger partial charge is 0.324 e. The van der Waals surface area contributed by atoms with Gasteiger partial charge in [-0.1, -0.05) is 41.4 Å². The van der Waals surface area contributed by atoms with E-state index < -0.39 is 6.04 Å². The molecule has 1 atom stereocenters. The van der Waals surface area contributed by atoms with E-state index in [0.717, 1.165) is 0 Å². The van der Waals surface area contributed by atoms with Crippen LogP contribution in [0.25, 0.3) is 0 Å². The number of rotatable bonds is 3. The maximum absolute atomic E-state index is 12.6. The number of carbonyl (C=O) groups excluding carboxylic acids is 2. The van der Waals surface area contributed by atoms with Gasteiger partial charge in [0.1, 0.15) is 6.04 Å². The van der Waals surface area contributed by atoms with Crippen LogP contribution in [0.15, 0.2) is 48.5 Å². The van der Waals surface area contributed by atoms with Crippen molar-refractivity contribution in [2.45, 2.75) is 6.04 Å². The molecule has 1 aliphatic heterocycles. The number of amides is 2. The monoisotopic (exact) mass is 380 g/mol. The Balaban J connectivity index is 1.75. The maximum atomic E-state index is 12.6. The number of benzene rings is 2. The SMILES string of the molecule is O=C(Nc1cc(Cl)cc(Cl)c1)[C@@H]1CSCN1C(=O)c1ccccc1. The molecular formula is C17H14Cl2N2O2S. The summed E-state index contributed by atoms with van der Waals surface area (Å²) >= 11 is 13.4. The average molecular weight is 381 g/mol. The predicted octanol–water partition coefficient (Wildman–Crippen LogP) is 4.15. The molecule has 1 saturated heterocycles. The standard InChI is InChI=1S/C17H14Cl2N2O2S/c18-12-6-13(19)8-14(7-12)20-16(22)15-9-24-10-21(15)17(23)11-4-2-1-3-5-11/h1-8,15H,9-10H2,(H,20,22)/t15-/m0/s1. The lowest BCUT2D eigenvalue weighted by atomic mass is 10.1. The van der Waals surface area contributed by atoms with E-state index in [4.69, 9.17) is 23.2 Å². The minimum absolute atomic E-state index is 0.148. The van der Waals surface area contributed by atoms with E-state index in [1.807, 2.05) is 6.07 Å². The maximum Gasteiger partial charge on any atom is 0.255 e. The van der Waals surface area contributed by atoms with Gasteiger partial charge >= 0.3 is 0 Å². The van der Waals surface area contributed by atoms with Gasteiger partial charge in [-0.25, -0.2) is 0 Å². The Bertz CT molecular complexity index is 750. The van der Waals surface area contributed by atoms with Crippen LogP contribution in [-0.4, -0.2) is 34.4 Å². The Morgan fingerprint density at radius 2 is 1.75 bits per heavy atom. The Hall–Kier alpha value is -1.69. The van der Waals surface area contributed by atoms with Crippen molar-refractivity contribution in [3.05, 3.63) is 64.1 Å². The van der Waals surface area contributed by atoms with Crippen molar-refractivity contribution in [1.82, 2.24) is 4.90 Å². The number of nitrogens with one attached hydrogen (secondary N) is 1. The number of hydrogen-bond donors (Lipinski definition) is 1. The van der Waals surface area contributed by atoms with Gasteiger partial charge in [0, 0.05) is 27.0 Å². The van der Waals surface area contributed by atoms with E-state index in [1.165, 1.54) is 0 Å². The number of thioether (sulfide) groups is 1. The van der Waals surface area contributed by atoms with Crippen LogP contribution < -0.4 is 5.32 Å². The Kier molecular flexibility index (Phi) is 5.33. The van der Waals surface area contributed by atoms with Gasteiger partial charge in [-0.05, 0) is 30.3 Å². The fourth-order valence-electron chi connectivity index (χ4n) is 2.46. The highest BCUT2D eigenvalue weighted by Crippen LogP contribution is 2.26. The first-order chi connectivity index (χ1) is 11.5. The fraction of sp³-hybridized carbons (Fsp3) is 0.176. The van der Waals surface area contributed by atoms with Gasteiger partial charge in [-0.2, -0.15) is 0 Å². The normalized spacial score (nSPS) is 16.9. The van der Waals surface area contributed by atoms with E-state index in [9.17, 15) is 9.59 Å². The van der Waals surface area contributed by atoms with Crippen molar-refractivity contribution in [2.75, 3.05) is 16.9 Å². The summed E-state index contributed by atoms with van der Waals surface area (Å²) in [6.07, 6.45) is 0. The molecule has 1 heterocycles. The fourth-order valence-corrected chi connectivity index (χ4v) is 4.14. The molecule has 0 aromatic heterocycles. The molecular weight excluding hydrogens is 367 g/mol. The van der Waals surface area contributed by atoms with Gasteiger partial charge in [0.15, 0.2) is 0 Å². The van der Waals surface area contributed by atoms with Gasteiger partial charge in [-0.3, -0.25) is 9.59 Å². The summed E-state index contributed by atoms with van der Waals surface area (Å²) in [5, 5.41) is 3.67. The van der Waals surface area contributed by atoms with E-state index in [0.29, 0.717) is 32.9 Å². The molecule has 24 heavy (non-hydrogen) atoms. The number of anilines is 1. The molecule has 1 aliphatic rings. The summed E-state index contributed by atoms with van der Waals surface area (Å²) in [4.78, 5) is 26.8. The van der Waals surface area contributed by atoms with Crippen LogP contribution in [0.1, 0.15) is 10.4 Å². The van der Waals surface area contributed by atoms with E-state index in [-0.39, 0.29) is 11.8 Å². The summed E-state index contributed by atoms with van der Waals surface area (Å²) in [5.41, 5.74) is 1.09. The lowest BCUT2D eigenvalue weighted by Gasteiger charge is -2.23. The second kappa shape index (κ2) is 7.47. The van der Waals surface area contributed by atoms with Crippen LogP contribution >= 0.6 is 35.0 Å².